The number of carboxylic acids is 1. The number of carbonyl (C=O) groups is 1. The number of hydrogen-bond donors (Lipinski definition) is 26. The number of hydrogen-bond acceptors (Lipinski definition) is 43. The van der Waals surface area contributed by atoms with E-state index in [1.54, 1.807) is 13.8 Å². The molecule has 44 heteroatoms. The van der Waals surface area contributed by atoms with Crippen LogP contribution in [-0.2, 0) is 85.3 Å². The van der Waals surface area contributed by atoms with E-state index in [0.29, 0.717) is 0 Å². The Hall–Kier alpha value is -2.21. The van der Waals surface area contributed by atoms with Crippen molar-refractivity contribution in [2.45, 2.75) is 298 Å². The molecule has 0 aromatic carbocycles. The summed E-state index contributed by atoms with van der Waals surface area (Å²) in [5, 5.41) is 275. The molecule has 106 heavy (non-hydrogen) atoms. The Kier molecular flexibility index (Phi) is 30.9. The number of rotatable bonds is 28. The molecule has 19 unspecified atom stereocenters. The van der Waals surface area contributed by atoms with E-state index < -0.39 is 353 Å². The van der Waals surface area contributed by atoms with E-state index in [1.807, 2.05) is 0 Å². The van der Waals surface area contributed by atoms with Gasteiger partial charge in [-0.05, 0) is 6.92 Å². The van der Waals surface area contributed by atoms with E-state index in [9.17, 15) is 132 Å². The van der Waals surface area contributed by atoms with Gasteiger partial charge in [0.2, 0.25) is 0 Å². The van der Waals surface area contributed by atoms with Crippen molar-refractivity contribution in [2.24, 2.45) is 29.4 Å². The van der Waals surface area contributed by atoms with Gasteiger partial charge in [-0.1, -0.05) is 27.7 Å². The third-order valence-corrected chi connectivity index (χ3v) is 21.5. The summed E-state index contributed by atoms with van der Waals surface area (Å²) in [4.78, 5) is 12.8. The first-order chi connectivity index (χ1) is 50.1. The average Bonchev–Trinajstić information content (AvgIpc) is 0.778. The lowest BCUT2D eigenvalue weighted by atomic mass is 9.88. The average molecular weight is 1550 g/mol. The molecule has 9 aliphatic rings. The normalized spacial score (nSPS) is 51.9. The molecule has 0 radical (unpaired) electrons. The smallest absolute Gasteiger partial charge is 0.364 e. The molecule has 0 amide bonds. The molecule has 0 bridgehead atoms. The summed E-state index contributed by atoms with van der Waals surface area (Å²) >= 11 is 0. The van der Waals surface area contributed by atoms with Crippen LogP contribution >= 0.6 is 0 Å². The third-order valence-electron chi connectivity index (χ3n) is 21.5. The highest BCUT2D eigenvalue weighted by Gasteiger charge is 2.61. The van der Waals surface area contributed by atoms with Crippen LogP contribution in [0.4, 0.5) is 0 Å². The van der Waals surface area contributed by atoms with Crippen LogP contribution in [-0.4, -0.2) is 450 Å². The fraction of sp³-hybridized carbons (Fsp3) is 0.984. The van der Waals surface area contributed by atoms with Gasteiger partial charge in [-0.2, -0.15) is 0 Å². The number of aliphatic hydroxyl groups is 24. The summed E-state index contributed by atoms with van der Waals surface area (Å²) in [6, 6.07) is -1.55. The molecule has 0 aliphatic carbocycles. The van der Waals surface area contributed by atoms with Crippen molar-refractivity contribution >= 4 is 5.97 Å². The number of aliphatic carboxylic acids is 1. The largest absolute Gasteiger partial charge is 0.477 e. The lowest BCUT2D eigenvalue weighted by molar-refractivity contribution is -0.402. The molecule has 9 heterocycles. The molecule has 44 nitrogen and oxygen atoms in total. The van der Waals surface area contributed by atoms with Gasteiger partial charge in [0.15, 0.2) is 44.0 Å². The number of nitrogens with two attached hydrogens (primary N) is 1. The van der Waals surface area contributed by atoms with Crippen LogP contribution in [0, 0.1) is 23.7 Å². The van der Waals surface area contributed by atoms with Gasteiger partial charge in [-0.15, -0.1) is 0 Å². The zero-order valence-corrected chi connectivity index (χ0v) is 58.2. The minimum Gasteiger partial charge on any atom is -0.477 e. The van der Waals surface area contributed by atoms with Gasteiger partial charge in [0, 0.05) is 30.1 Å². The minimum absolute atomic E-state index is 0.530. The molecule has 0 saturated carbocycles. The summed E-state index contributed by atoms with van der Waals surface area (Å²) in [6.07, 6.45) is -74.4. The van der Waals surface area contributed by atoms with Gasteiger partial charge in [-0.25, -0.2) is 4.79 Å². The molecule has 46 atom stereocenters. The van der Waals surface area contributed by atoms with Crippen LogP contribution in [0.2, 0.25) is 0 Å². The van der Waals surface area contributed by atoms with Crippen molar-refractivity contribution in [3.05, 3.63) is 0 Å². The molecular formula is C62H107NO43. The van der Waals surface area contributed by atoms with Crippen LogP contribution in [0.5, 0.6) is 0 Å². The first-order valence-electron chi connectivity index (χ1n) is 35.0. The Morgan fingerprint density at radius 3 is 1.24 bits per heavy atom. The summed E-state index contributed by atoms with van der Waals surface area (Å²) in [7, 11) is 0. The summed E-state index contributed by atoms with van der Waals surface area (Å²) in [5.41, 5.74) is 5.95. The van der Waals surface area contributed by atoms with E-state index in [2.05, 4.69) is 0 Å². The SMILES string of the molecule is CC1C(O)[C@H](O)[C@H](CO)O[C@H]1O[C@@H]1C(O)[C@H](O)C(CO)O[C@@H]1OCC1O[C@@H](O[C@@H]2C(CO)O[C@@H](O[C@@H]3C(CO)O[C@@H](C)[C@@H](C)C3O)[C@@H](C)C2O)[C@H](O)C(O[C@H]2O[C@H](CO)[C@@H](O)C(O)C2O[C@@H]2OC(CO)[C@@H](O[C@@H]3OC(CO[C@]4(C(=O)O)C[C@@H](O)[C@@H](N)C(C(O)C(O)CO)O4)[C@H](O)C(O)[C@@H]3O)C(O)[C@@H]2C)[C@@H]1O. The maximum atomic E-state index is 12.8. The Morgan fingerprint density at radius 1 is 0.387 bits per heavy atom. The summed E-state index contributed by atoms with van der Waals surface area (Å²) in [5.74, 6) is -9.13. The molecule has 9 saturated heterocycles. The Morgan fingerprint density at radius 2 is 0.755 bits per heavy atom. The molecule has 0 aromatic rings. The predicted octanol–water partition coefficient (Wildman–Crippen LogP) is -15.3. The number of carboxylic acid groups (broad SMARTS) is 1. The second kappa shape index (κ2) is 37.4. The lowest BCUT2D eigenvalue weighted by Crippen LogP contribution is -2.68. The summed E-state index contributed by atoms with van der Waals surface area (Å²) < 4.78 is 101. The Balaban J connectivity index is 0.963. The number of aliphatic hydroxyl groups excluding tert-OH is 24. The highest BCUT2D eigenvalue weighted by Crippen LogP contribution is 2.42. The van der Waals surface area contributed by atoms with E-state index in [4.69, 9.17) is 86.3 Å². The number of ether oxygens (including phenoxy) is 17. The maximum Gasteiger partial charge on any atom is 0.364 e. The molecule has 27 N–H and O–H groups in total. The summed E-state index contributed by atoms with van der Waals surface area (Å²) in [6.45, 7) is -1.28. The molecular weight excluding hydrogens is 1450 g/mol. The van der Waals surface area contributed by atoms with Crippen molar-refractivity contribution in [1.82, 2.24) is 0 Å². The van der Waals surface area contributed by atoms with Crippen LogP contribution < -0.4 is 5.73 Å². The molecule has 9 rings (SSSR count). The van der Waals surface area contributed by atoms with Gasteiger partial charge in [0.25, 0.3) is 5.79 Å². The van der Waals surface area contributed by atoms with Crippen LogP contribution in [0.1, 0.15) is 41.0 Å². The van der Waals surface area contributed by atoms with E-state index in [0.717, 1.165) is 0 Å². The topological polar surface area (TPSA) is 706 Å². The zero-order valence-electron chi connectivity index (χ0n) is 58.2. The van der Waals surface area contributed by atoms with Crippen molar-refractivity contribution < 1.29 is 213 Å². The van der Waals surface area contributed by atoms with Crippen molar-refractivity contribution in [3.63, 3.8) is 0 Å². The van der Waals surface area contributed by atoms with E-state index >= 15 is 0 Å². The third kappa shape index (κ3) is 18.1. The minimum atomic E-state index is -2.93. The van der Waals surface area contributed by atoms with Crippen molar-refractivity contribution in [2.75, 3.05) is 59.5 Å². The standard InChI is InChI=1S/C62H107NO43/c1-16-20(5)92-26(11-68)47(33(16)74)100-55-18(3)34(75)49(28(13-70)96-55)102-58-46(87)51(41(82)29(98-58)14-90-59-52(43(84)38(79)24(9-66)94-59)104-54-17(2)32(73)37(78)23(8-65)93-54)103-60-53(44(85)39(80)25(10-67)95-60)105-56-19(4)35(76)48(27(12-69)97-56)101-57-45(86)42(83)40(81)30(99-57)15-91-62(61(88)89)6-21(71)31(63)50(106-62)36(77)22(72)7-64/h16-60,64-87H,6-15,63H2,1-5H3,(H,88,89)/t16-,17?,18+,19+,20+,21-,22?,23+,24?,25-,26?,27?,28?,29?,30?,31-,32?,33?,34?,35?,36?,37-,38-,39-,40+,41-,42?,43?,44?,45+,46-,47-,48-,49-,50?,51?,52-,53?,54+,55+,56+,57+,58+,59+,60-,62-/m1/s1. The molecule has 0 spiro atoms. The van der Waals surface area contributed by atoms with Crippen LogP contribution in [0.3, 0.4) is 0 Å². The van der Waals surface area contributed by atoms with Gasteiger partial charge >= 0.3 is 5.97 Å². The fourth-order valence-corrected chi connectivity index (χ4v) is 14.4. The van der Waals surface area contributed by atoms with Crippen molar-refractivity contribution in [3.8, 4) is 0 Å². The zero-order chi connectivity index (χ0) is 78.1. The maximum absolute atomic E-state index is 12.8. The Bertz CT molecular complexity index is 2690. The quantitative estimate of drug-likeness (QED) is 0.0346. The highest BCUT2D eigenvalue weighted by atomic mass is 16.8. The monoisotopic (exact) mass is 1550 g/mol. The lowest BCUT2D eigenvalue weighted by Gasteiger charge is -2.51. The van der Waals surface area contributed by atoms with Gasteiger partial charge in [0.05, 0.1) is 102 Å². The predicted molar refractivity (Wildman–Crippen MR) is 332 cm³/mol. The van der Waals surface area contributed by atoms with Gasteiger partial charge in [-0.3, -0.25) is 0 Å². The Labute approximate surface area is 604 Å². The molecule has 0 aromatic heterocycles. The van der Waals surface area contributed by atoms with Crippen LogP contribution in [0.25, 0.3) is 0 Å². The van der Waals surface area contributed by atoms with Gasteiger partial charge in [0.1, 0.15) is 165 Å². The second-order valence-corrected chi connectivity index (χ2v) is 28.6. The van der Waals surface area contributed by atoms with Crippen LogP contribution in [0.15, 0.2) is 0 Å². The molecule has 9 aliphatic heterocycles. The van der Waals surface area contributed by atoms with E-state index in [1.165, 1.54) is 20.8 Å². The van der Waals surface area contributed by atoms with Crippen molar-refractivity contribution in [1.29, 1.82) is 0 Å². The molecule has 9 fully saturated rings. The second-order valence-electron chi connectivity index (χ2n) is 28.6. The highest BCUT2D eigenvalue weighted by molar-refractivity contribution is 5.76. The fourth-order valence-electron chi connectivity index (χ4n) is 14.4. The first kappa shape index (κ1) is 87.8. The molecule has 618 valence electrons. The first-order valence-corrected chi connectivity index (χ1v) is 35.0. The van der Waals surface area contributed by atoms with E-state index in [-0.39, 0.29) is 0 Å². The van der Waals surface area contributed by atoms with Gasteiger partial charge < -0.3 is 214 Å².